The molecule has 0 bridgehead atoms. The molecular weight excluding hydrogens is 318 g/mol. The van der Waals surface area contributed by atoms with Crippen molar-refractivity contribution < 1.29 is 24.7 Å². The summed E-state index contributed by atoms with van der Waals surface area (Å²) in [5, 5.41) is 39.5. The molecule has 24 heavy (non-hydrogen) atoms. The first-order chi connectivity index (χ1) is 11.2. The Balaban J connectivity index is 2.75. The van der Waals surface area contributed by atoms with Crippen molar-refractivity contribution in [2.45, 2.75) is 12.8 Å². The fourth-order valence-corrected chi connectivity index (χ4v) is 2.96. The van der Waals surface area contributed by atoms with Crippen molar-refractivity contribution in [2.75, 3.05) is 6.54 Å². The van der Waals surface area contributed by atoms with E-state index in [4.69, 9.17) is 0 Å². The highest BCUT2D eigenvalue weighted by Crippen LogP contribution is 2.46. The molecule has 1 aliphatic heterocycles. The molecule has 0 saturated carbocycles. The zero-order chi connectivity index (χ0) is 18.1. The maximum absolute atomic E-state index is 11.8. The summed E-state index contributed by atoms with van der Waals surface area (Å²) in [5.74, 6) is -5.51. The van der Waals surface area contributed by atoms with E-state index in [-0.39, 0.29) is 17.0 Å². The van der Waals surface area contributed by atoms with Gasteiger partial charge in [-0.05, 0) is 12.5 Å². The van der Waals surface area contributed by atoms with Crippen LogP contribution in [0.2, 0.25) is 0 Å². The third-order valence-electron chi connectivity index (χ3n) is 4.18. The van der Waals surface area contributed by atoms with E-state index >= 15 is 0 Å². The smallest absolute Gasteiger partial charge is 0.326 e. The number of carboxylic acids is 2. The number of aliphatic imine (C=N–C) groups is 1. The molecule has 1 aliphatic rings. The van der Waals surface area contributed by atoms with E-state index < -0.39 is 40.7 Å². The lowest BCUT2D eigenvalue weighted by molar-refractivity contribution is -0.385. The number of nitrogens with zero attached hydrogens (tertiary/aromatic N) is 3. The van der Waals surface area contributed by atoms with Gasteiger partial charge in [-0.3, -0.25) is 24.7 Å². The van der Waals surface area contributed by atoms with Gasteiger partial charge in [-0.1, -0.05) is 12.1 Å². The maximum Gasteiger partial charge on any atom is 0.326 e. The second-order valence-electron chi connectivity index (χ2n) is 5.49. The lowest BCUT2D eigenvalue weighted by Crippen LogP contribution is -2.49. The molecule has 0 saturated heterocycles. The second kappa shape index (κ2) is 6.08. The number of nitriles is 1. The number of rotatable bonds is 4. The van der Waals surface area contributed by atoms with E-state index in [1.807, 2.05) is 0 Å². The molecular formula is C15H13N3O6. The van der Waals surface area contributed by atoms with Crippen molar-refractivity contribution >= 4 is 23.3 Å². The van der Waals surface area contributed by atoms with E-state index in [0.29, 0.717) is 0 Å². The molecule has 1 aromatic rings. The van der Waals surface area contributed by atoms with Gasteiger partial charge in [-0.25, -0.2) is 0 Å². The predicted octanol–water partition coefficient (Wildman–Crippen LogP) is 1.45. The number of carbonyl (C=O) groups is 2. The van der Waals surface area contributed by atoms with Gasteiger partial charge in [0.05, 0.1) is 17.5 Å². The summed E-state index contributed by atoms with van der Waals surface area (Å²) in [6.45, 7) is 1.02. The van der Waals surface area contributed by atoms with Gasteiger partial charge in [0.15, 0.2) is 5.41 Å². The molecule has 1 heterocycles. The zero-order valence-corrected chi connectivity index (χ0v) is 12.5. The van der Waals surface area contributed by atoms with Crippen LogP contribution >= 0.6 is 0 Å². The van der Waals surface area contributed by atoms with Crippen LogP contribution in [0.25, 0.3) is 0 Å². The van der Waals surface area contributed by atoms with Crippen molar-refractivity contribution in [1.29, 1.82) is 5.26 Å². The van der Waals surface area contributed by atoms with E-state index in [2.05, 4.69) is 4.99 Å². The largest absolute Gasteiger partial charge is 0.481 e. The standard InChI is InChI=1S/C15H13N3O6/c1-8-11(13(19)20)12(15(6-16,7-17-8)14(21)22)9-3-2-4-10(5-9)18(23)24/h2-5,11-12H,7H2,1H3,(H,19,20)(H,21,22). The van der Waals surface area contributed by atoms with Crippen LogP contribution in [0.15, 0.2) is 29.3 Å². The van der Waals surface area contributed by atoms with Crippen molar-refractivity contribution in [3.8, 4) is 6.07 Å². The minimum absolute atomic E-state index is 0.106. The highest BCUT2D eigenvalue weighted by atomic mass is 16.6. The normalized spacial score (nSPS) is 26.1. The van der Waals surface area contributed by atoms with E-state index in [0.717, 1.165) is 6.07 Å². The molecule has 3 atom stereocenters. The van der Waals surface area contributed by atoms with Gasteiger partial charge in [0.25, 0.3) is 5.69 Å². The van der Waals surface area contributed by atoms with Crippen LogP contribution in [0.1, 0.15) is 18.4 Å². The quantitative estimate of drug-likeness (QED) is 0.625. The molecule has 0 aliphatic carbocycles. The Hall–Kier alpha value is -3.28. The molecule has 0 radical (unpaired) electrons. The number of benzene rings is 1. The van der Waals surface area contributed by atoms with Crippen LogP contribution < -0.4 is 0 Å². The predicted molar refractivity (Wildman–Crippen MR) is 80.6 cm³/mol. The highest BCUT2D eigenvalue weighted by molar-refractivity contribution is 6.03. The summed E-state index contributed by atoms with van der Waals surface area (Å²) >= 11 is 0. The Morgan fingerprint density at radius 2 is 2.12 bits per heavy atom. The average molecular weight is 331 g/mol. The van der Waals surface area contributed by atoms with Gasteiger partial charge in [-0.15, -0.1) is 0 Å². The Kier molecular flexibility index (Phi) is 4.33. The first-order valence-corrected chi connectivity index (χ1v) is 6.87. The summed E-state index contributed by atoms with van der Waals surface area (Å²) in [5.41, 5.74) is -2.15. The Bertz CT molecular complexity index is 797. The minimum Gasteiger partial charge on any atom is -0.481 e. The first-order valence-electron chi connectivity index (χ1n) is 6.87. The SMILES string of the molecule is CC1=NCC(C#N)(C(=O)O)C(c2cccc([N+](=O)[O-])c2)C1C(=O)O. The van der Waals surface area contributed by atoms with Gasteiger partial charge in [0, 0.05) is 23.8 Å². The van der Waals surface area contributed by atoms with Gasteiger partial charge < -0.3 is 10.2 Å². The fourth-order valence-electron chi connectivity index (χ4n) is 2.96. The van der Waals surface area contributed by atoms with Crippen molar-refractivity contribution in [3.63, 3.8) is 0 Å². The second-order valence-corrected chi connectivity index (χ2v) is 5.49. The molecule has 0 amide bonds. The minimum atomic E-state index is -2.11. The van der Waals surface area contributed by atoms with Crippen molar-refractivity contribution in [1.82, 2.24) is 0 Å². The molecule has 1 aromatic carbocycles. The van der Waals surface area contributed by atoms with Crippen LogP contribution in [0.5, 0.6) is 0 Å². The third-order valence-corrected chi connectivity index (χ3v) is 4.18. The van der Waals surface area contributed by atoms with Gasteiger partial charge in [-0.2, -0.15) is 5.26 Å². The highest BCUT2D eigenvalue weighted by Gasteiger charge is 2.55. The van der Waals surface area contributed by atoms with Gasteiger partial charge in [0.2, 0.25) is 0 Å². The summed E-state index contributed by atoms with van der Waals surface area (Å²) in [7, 11) is 0. The Morgan fingerprint density at radius 3 is 2.62 bits per heavy atom. The summed E-state index contributed by atoms with van der Waals surface area (Å²) in [6.07, 6.45) is 0. The topological polar surface area (TPSA) is 154 Å². The van der Waals surface area contributed by atoms with Crippen molar-refractivity contribution in [3.05, 3.63) is 39.9 Å². The maximum atomic E-state index is 11.8. The average Bonchev–Trinajstić information content (AvgIpc) is 2.54. The Labute approximate surface area is 136 Å². The number of nitro groups is 1. The molecule has 0 spiro atoms. The van der Waals surface area contributed by atoms with Crippen LogP contribution in [0.4, 0.5) is 5.69 Å². The summed E-state index contributed by atoms with van der Waals surface area (Å²) in [6, 6.07) is 6.71. The van der Waals surface area contributed by atoms with Crippen LogP contribution in [0.3, 0.4) is 0 Å². The lowest BCUT2D eigenvalue weighted by Gasteiger charge is -2.38. The van der Waals surface area contributed by atoms with Crippen LogP contribution in [0, 0.1) is 32.8 Å². The number of hydrogen-bond donors (Lipinski definition) is 2. The molecule has 9 nitrogen and oxygen atoms in total. The fraction of sp³-hybridized carbons (Fsp3) is 0.333. The number of hydrogen-bond acceptors (Lipinski definition) is 6. The molecule has 0 fully saturated rings. The molecule has 2 rings (SSSR count). The molecule has 0 aromatic heterocycles. The van der Waals surface area contributed by atoms with Gasteiger partial charge >= 0.3 is 11.9 Å². The molecule has 9 heteroatoms. The lowest BCUT2D eigenvalue weighted by atomic mass is 9.64. The van der Waals surface area contributed by atoms with E-state index in [9.17, 15) is 35.2 Å². The zero-order valence-electron chi connectivity index (χ0n) is 12.5. The van der Waals surface area contributed by atoms with Crippen molar-refractivity contribution in [2.24, 2.45) is 16.3 Å². The van der Waals surface area contributed by atoms with Gasteiger partial charge in [0.1, 0.15) is 5.92 Å². The Morgan fingerprint density at radius 1 is 1.46 bits per heavy atom. The number of carboxylic acid groups (broad SMARTS) is 2. The molecule has 2 N–H and O–H groups in total. The number of aliphatic carboxylic acids is 2. The molecule has 124 valence electrons. The first kappa shape index (κ1) is 17.1. The van der Waals surface area contributed by atoms with E-state index in [1.165, 1.54) is 25.1 Å². The molecule has 3 unspecified atom stereocenters. The van der Waals surface area contributed by atoms with E-state index in [1.54, 1.807) is 6.07 Å². The van der Waals surface area contributed by atoms with Crippen LogP contribution in [-0.2, 0) is 9.59 Å². The monoisotopic (exact) mass is 331 g/mol. The van der Waals surface area contributed by atoms with Crippen LogP contribution in [-0.4, -0.2) is 39.3 Å². The summed E-state index contributed by atoms with van der Waals surface area (Å²) < 4.78 is 0. The summed E-state index contributed by atoms with van der Waals surface area (Å²) in [4.78, 5) is 37.6. The number of nitro benzene ring substituents is 1. The number of non-ortho nitro benzene ring substituents is 1. The third kappa shape index (κ3) is 2.58.